The fourth-order valence-electron chi connectivity index (χ4n) is 2.95. The summed E-state index contributed by atoms with van der Waals surface area (Å²) in [6.07, 6.45) is 3.92. The second-order valence-corrected chi connectivity index (χ2v) is 5.49. The highest BCUT2D eigenvalue weighted by molar-refractivity contribution is 5.79. The molecule has 0 aromatic heterocycles. The van der Waals surface area contributed by atoms with Crippen LogP contribution in [0.15, 0.2) is 12.7 Å². The number of hydrogen-bond acceptors (Lipinski definition) is 3. The molecule has 18 heavy (non-hydrogen) atoms. The van der Waals surface area contributed by atoms with E-state index >= 15 is 0 Å². The minimum atomic E-state index is 0.243. The Morgan fingerprint density at radius 1 is 1.39 bits per heavy atom. The van der Waals surface area contributed by atoms with Crippen molar-refractivity contribution in [2.24, 2.45) is 5.92 Å². The minimum Gasteiger partial charge on any atom is -0.340 e. The topological polar surface area (TPSA) is 35.6 Å². The zero-order valence-corrected chi connectivity index (χ0v) is 11.4. The Morgan fingerprint density at radius 3 is 2.72 bits per heavy atom. The van der Waals surface area contributed by atoms with E-state index in [1.807, 2.05) is 6.08 Å². The van der Waals surface area contributed by atoms with Gasteiger partial charge in [0.2, 0.25) is 5.91 Å². The molecule has 2 heterocycles. The zero-order valence-electron chi connectivity index (χ0n) is 11.4. The average Bonchev–Trinajstić information content (AvgIpc) is 2.39. The van der Waals surface area contributed by atoms with E-state index in [0.717, 1.165) is 52.1 Å². The third-order valence-electron chi connectivity index (χ3n) is 4.04. The monoisotopic (exact) mass is 251 g/mol. The first kappa shape index (κ1) is 13.6. The molecule has 0 saturated carbocycles. The molecular formula is C14H25N3O. The molecule has 0 spiro atoms. The van der Waals surface area contributed by atoms with Gasteiger partial charge in [0.15, 0.2) is 0 Å². The maximum atomic E-state index is 12.4. The van der Waals surface area contributed by atoms with Gasteiger partial charge in [-0.2, -0.15) is 0 Å². The van der Waals surface area contributed by atoms with Crippen LogP contribution in [0.5, 0.6) is 0 Å². The summed E-state index contributed by atoms with van der Waals surface area (Å²) < 4.78 is 0. The first-order valence-electron chi connectivity index (χ1n) is 7.06. The lowest BCUT2D eigenvalue weighted by Crippen LogP contribution is -2.52. The number of piperazine rings is 1. The largest absolute Gasteiger partial charge is 0.340 e. The van der Waals surface area contributed by atoms with Crippen LogP contribution in [0.1, 0.15) is 19.8 Å². The molecule has 1 N–H and O–H groups in total. The first-order valence-corrected chi connectivity index (χ1v) is 7.06. The van der Waals surface area contributed by atoms with Crippen LogP contribution in [0.25, 0.3) is 0 Å². The van der Waals surface area contributed by atoms with Crippen molar-refractivity contribution in [1.82, 2.24) is 15.1 Å². The SMILES string of the molecule is C=CCN1CCN(C(=O)C2CCNC(C)C2)CC1. The molecule has 2 unspecified atom stereocenters. The van der Waals surface area contributed by atoms with Gasteiger partial charge in [0.1, 0.15) is 0 Å². The lowest BCUT2D eigenvalue weighted by atomic mass is 9.92. The van der Waals surface area contributed by atoms with Crippen molar-refractivity contribution in [3.63, 3.8) is 0 Å². The van der Waals surface area contributed by atoms with E-state index in [9.17, 15) is 4.79 Å². The Bertz CT molecular complexity index is 297. The zero-order chi connectivity index (χ0) is 13.0. The van der Waals surface area contributed by atoms with Gasteiger partial charge in [-0.3, -0.25) is 9.69 Å². The van der Waals surface area contributed by atoms with Crippen molar-refractivity contribution in [1.29, 1.82) is 0 Å². The third-order valence-corrected chi connectivity index (χ3v) is 4.04. The van der Waals surface area contributed by atoms with Crippen molar-refractivity contribution in [2.75, 3.05) is 39.3 Å². The molecule has 2 atom stereocenters. The van der Waals surface area contributed by atoms with Crippen molar-refractivity contribution >= 4 is 5.91 Å². The predicted molar refractivity (Wildman–Crippen MR) is 73.4 cm³/mol. The first-order chi connectivity index (χ1) is 8.70. The summed E-state index contributed by atoms with van der Waals surface area (Å²) in [6.45, 7) is 11.6. The summed E-state index contributed by atoms with van der Waals surface area (Å²) in [5.74, 6) is 0.619. The number of hydrogen-bond donors (Lipinski definition) is 1. The Morgan fingerprint density at radius 2 is 2.11 bits per heavy atom. The normalized spacial score (nSPS) is 30.2. The smallest absolute Gasteiger partial charge is 0.225 e. The number of carbonyl (C=O) groups excluding carboxylic acids is 1. The van der Waals surface area contributed by atoms with Gasteiger partial charge in [-0.15, -0.1) is 6.58 Å². The molecule has 4 nitrogen and oxygen atoms in total. The summed E-state index contributed by atoms with van der Waals surface area (Å²) in [4.78, 5) is 16.8. The summed E-state index contributed by atoms with van der Waals surface area (Å²) in [5, 5.41) is 3.40. The van der Waals surface area contributed by atoms with Crippen molar-refractivity contribution < 1.29 is 4.79 Å². The molecule has 0 radical (unpaired) electrons. The predicted octanol–water partition coefficient (Wildman–Crippen LogP) is 0.705. The van der Waals surface area contributed by atoms with Crippen LogP contribution in [-0.4, -0.2) is 61.0 Å². The maximum Gasteiger partial charge on any atom is 0.225 e. The van der Waals surface area contributed by atoms with Crippen LogP contribution in [0, 0.1) is 5.92 Å². The van der Waals surface area contributed by atoms with Crippen LogP contribution in [0.4, 0.5) is 0 Å². The van der Waals surface area contributed by atoms with E-state index in [2.05, 4.69) is 28.6 Å². The van der Waals surface area contributed by atoms with E-state index in [-0.39, 0.29) is 5.92 Å². The van der Waals surface area contributed by atoms with Gasteiger partial charge in [0.05, 0.1) is 0 Å². The summed E-state index contributed by atoms with van der Waals surface area (Å²) >= 11 is 0. The lowest BCUT2D eigenvalue weighted by molar-refractivity contribution is -0.138. The van der Waals surface area contributed by atoms with Crippen LogP contribution in [0.2, 0.25) is 0 Å². The number of nitrogens with one attached hydrogen (secondary N) is 1. The van der Waals surface area contributed by atoms with Gasteiger partial charge >= 0.3 is 0 Å². The quantitative estimate of drug-likeness (QED) is 0.750. The average molecular weight is 251 g/mol. The standard InChI is InChI=1S/C14H25N3O/c1-3-6-16-7-9-17(10-8-16)14(18)13-4-5-15-12(2)11-13/h3,12-13,15H,1,4-11H2,2H3. The van der Waals surface area contributed by atoms with Gasteiger partial charge in [0, 0.05) is 44.7 Å². The number of amides is 1. The lowest BCUT2D eigenvalue weighted by Gasteiger charge is -2.37. The fourth-order valence-corrected chi connectivity index (χ4v) is 2.95. The van der Waals surface area contributed by atoms with Crippen LogP contribution in [-0.2, 0) is 4.79 Å². The molecule has 4 heteroatoms. The van der Waals surface area contributed by atoms with Gasteiger partial charge < -0.3 is 10.2 Å². The number of nitrogens with zero attached hydrogens (tertiary/aromatic N) is 2. The Kier molecular flexibility index (Phi) is 4.78. The molecule has 1 amide bonds. The second-order valence-electron chi connectivity index (χ2n) is 5.49. The molecule has 2 fully saturated rings. The Labute approximate surface area is 110 Å². The molecule has 0 aliphatic carbocycles. The molecule has 2 saturated heterocycles. The molecule has 2 aliphatic rings. The second kappa shape index (κ2) is 6.34. The highest BCUT2D eigenvalue weighted by Crippen LogP contribution is 2.19. The van der Waals surface area contributed by atoms with Crippen molar-refractivity contribution in [3.05, 3.63) is 12.7 Å². The molecular weight excluding hydrogens is 226 g/mol. The molecule has 102 valence electrons. The molecule has 2 rings (SSSR count). The van der Waals surface area contributed by atoms with Crippen molar-refractivity contribution in [2.45, 2.75) is 25.8 Å². The number of rotatable bonds is 3. The molecule has 0 bridgehead atoms. The van der Waals surface area contributed by atoms with Crippen LogP contribution < -0.4 is 5.32 Å². The Hall–Kier alpha value is -0.870. The van der Waals surface area contributed by atoms with Gasteiger partial charge in [-0.05, 0) is 26.3 Å². The summed E-state index contributed by atoms with van der Waals surface area (Å²) in [6, 6.07) is 0.481. The van der Waals surface area contributed by atoms with Gasteiger partial charge in [-0.25, -0.2) is 0 Å². The van der Waals surface area contributed by atoms with Crippen LogP contribution in [0.3, 0.4) is 0 Å². The minimum absolute atomic E-state index is 0.243. The number of carbonyl (C=O) groups is 1. The van der Waals surface area contributed by atoms with Crippen LogP contribution >= 0.6 is 0 Å². The summed E-state index contributed by atoms with van der Waals surface area (Å²) in [5.41, 5.74) is 0. The molecule has 2 aliphatic heterocycles. The van der Waals surface area contributed by atoms with E-state index < -0.39 is 0 Å². The third kappa shape index (κ3) is 3.33. The van der Waals surface area contributed by atoms with Crippen molar-refractivity contribution in [3.8, 4) is 0 Å². The van der Waals surface area contributed by atoms with E-state index in [4.69, 9.17) is 0 Å². The molecule has 0 aromatic carbocycles. The number of piperidine rings is 1. The highest BCUT2D eigenvalue weighted by atomic mass is 16.2. The Balaban J connectivity index is 1.81. The van der Waals surface area contributed by atoms with E-state index in [1.54, 1.807) is 0 Å². The van der Waals surface area contributed by atoms with E-state index in [1.165, 1.54) is 0 Å². The van der Waals surface area contributed by atoms with Gasteiger partial charge in [-0.1, -0.05) is 6.08 Å². The fraction of sp³-hybridized carbons (Fsp3) is 0.786. The van der Waals surface area contributed by atoms with Gasteiger partial charge in [0.25, 0.3) is 0 Å². The highest BCUT2D eigenvalue weighted by Gasteiger charge is 2.30. The molecule has 0 aromatic rings. The summed E-state index contributed by atoms with van der Waals surface area (Å²) in [7, 11) is 0. The van der Waals surface area contributed by atoms with E-state index in [0.29, 0.717) is 11.9 Å². The maximum absolute atomic E-state index is 12.4.